The SMILES string of the molecule is COC(=C1C2CC3CC(C2)CC1C3)c1ccc(Cl)c(OC(OC(C(=O)O)C(O)CO)C(C)O)c1. The van der Waals surface area contributed by atoms with Gasteiger partial charge < -0.3 is 34.6 Å². The first-order valence-electron chi connectivity index (χ1n) is 11.8. The Balaban J connectivity index is 1.61. The van der Waals surface area contributed by atoms with Crippen LogP contribution in [0.15, 0.2) is 23.8 Å². The molecule has 8 nitrogen and oxygen atoms in total. The van der Waals surface area contributed by atoms with E-state index < -0.39 is 37.2 Å². The van der Waals surface area contributed by atoms with Crippen molar-refractivity contribution in [1.82, 2.24) is 0 Å². The van der Waals surface area contributed by atoms with Crippen LogP contribution in [0.3, 0.4) is 0 Å². The molecule has 9 heteroatoms. The van der Waals surface area contributed by atoms with Crippen LogP contribution in [-0.2, 0) is 14.3 Å². The average molecular weight is 497 g/mol. The van der Waals surface area contributed by atoms with Gasteiger partial charge in [0.1, 0.15) is 23.7 Å². The summed E-state index contributed by atoms with van der Waals surface area (Å²) in [6.45, 7) is 0.540. The van der Waals surface area contributed by atoms with E-state index in [4.69, 9.17) is 30.9 Å². The molecule has 0 radical (unpaired) electrons. The summed E-state index contributed by atoms with van der Waals surface area (Å²) >= 11 is 6.36. The first-order valence-corrected chi connectivity index (χ1v) is 12.2. The maximum atomic E-state index is 11.5. The Labute approximate surface area is 204 Å². The van der Waals surface area contributed by atoms with Crippen molar-refractivity contribution in [1.29, 1.82) is 0 Å². The zero-order valence-electron chi connectivity index (χ0n) is 19.4. The fraction of sp³-hybridized carbons (Fsp3) is 0.640. The molecule has 5 rings (SSSR count). The van der Waals surface area contributed by atoms with Crippen LogP contribution >= 0.6 is 11.6 Å². The zero-order valence-corrected chi connectivity index (χ0v) is 20.1. The Morgan fingerprint density at radius 3 is 2.24 bits per heavy atom. The molecule has 4 unspecified atom stereocenters. The maximum absolute atomic E-state index is 11.5. The molecule has 4 saturated carbocycles. The lowest BCUT2D eigenvalue weighted by molar-refractivity contribution is -0.206. The number of allylic oxidation sites excluding steroid dienone is 1. The largest absolute Gasteiger partial charge is 0.496 e. The monoisotopic (exact) mass is 496 g/mol. The number of hydrogen-bond donors (Lipinski definition) is 4. The highest BCUT2D eigenvalue weighted by atomic mass is 35.5. The van der Waals surface area contributed by atoms with Crippen molar-refractivity contribution < 1.29 is 39.4 Å². The van der Waals surface area contributed by atoms with Crippen molar-refractivity contribution in [2.45, 2.75) is 63.6 Å². The number of carboxylic acids is 1. The van der Waals surface area contributed by atoms with E-state index in [1.165, 1.54) is 44.6 Å². The van der Waals surface area contributed by atoms with Gasteiger partial charge in [0.2, 0.25) is 6.29 Å². The molecule has 4 aliphatic carbocycles. The minimum Gasteiger partial charge on any atom is -0.496 e. The Kier molecular flexibility index (Phi) is 7.74. The van der Waals surface area contributed by atoms with Crippen molar-refractivity contribution in [2.24, 2.45) is 23.7 Å². The maximum Gasteiger partial charge on any atom is 0.335 e. The molecule has 4 aliphatic rings. The van der Waals surface area contributed by atoms with Gasteiger partial charge in [-0.1, -0.05) is 11.6 Å². The molecule has 0 aromatic heterocycles. The predicted molar refractivity (Wildman–Crippen MR) is 124 cm³/mol. The minimum absolute atomic E-state index is 0.187. The van der Waals surface area contributed by atoms with Crippen LogP contribution in [0.4, 0.5) is 0 Å². The summed E-state index contributed by atoms with van der Waals surface area (Å²) in [6.07, 6.45) is -0.0253. The molecule has 4 atom stereocenters. The summed E-state index contributed by atoms with van der Waals surface area (Å²) in [5.74, 6) is 2.19. The highest BCUT2D eigenvalue weighted by Crippen LogP contribution is 2.58. The van der Waals surface area contributed by atoms with Gasteiger partial charge in [-0.15, -0.1) is 0 Å². The molecule has 0 amide bonds. The lowest BCUT2D eigenvalue weighted by Crippen LogP contribution is -2.45. The van der Waals surface area contributed by atoms with Gasteiger partial charge >= 0.3 is 5.97 Å². The Morgan fingerprint density at radius 2 is 1.74 bits per heavy atom. The van der Waals surface area contributed by atoms with Gasteiger partial charge in [-0.2, -0.15) is 0 Å². The van der Waals surface area contributed by atoms with Gasteiger partial charge in [-0.25, -0.2) is 4.79 Å². The molecule has 4 N–H and O–H groups in total. The Bertz CT molecular complexity index is 899. The standard InChI is InChI=1S/C25H33ClO8/c1-12(28)25(34-23(24(30)31)19(29)11-27)33-20-10-15(3-4-18(20)26)22(32-2)21-16-6-13-5-14(8-16)9-17(21)7-13/h3-4,10,12-14,16-17,19,23,25,27-29H,5-9,11H2,1-2H3,(H,30,31). The quantitative estimate of drug-likeness (QED) is 0.287. The van der Waals surface area contributed by atoms with Crippen LogP contribution in [0.25, 0.3) is 5.76 Å². The van der Waals surface area contributed by atoms with Gasteiger partial charge in [-0.05, 0) is 86.5 Å². The second-order valence-electron chi connectivity index (χ2n) is 9.81. The number of aliphatic hydroxyl groups is 3. The predicted octanol–water partition coefficient (Wildman–Crippen LogP) is 3.06. The van der Waals surface area contributed by atoms with Crippen molar-refractivity contribution >= 4 is 23.3 Å². The molecule has 34 heavy (non-hydrogen) atoms. The van der Waals surface area contributed by atoms with Gasteiger partial charge in [0, 0.05) is 5.56 Å². The number of ether oxygens (including phenoxy) is 3. The van der Waals surface area contributed by atoms with E-state index in [1.54, 1.807) is 19.2 Å². The fourth-order valence-electron chi connectivity index (χ4n) is 6.12. The second kappa shape index (κ2) is 10.4. The zero-order chi connectivity index (χ0) is 24.6. The number of aliphatic carboxylic acids is 1. The van der Waals surface area contributed by atoms with Crippen molar-refractivity contribution in [3.63, 3.8) is 0 Å². The molecule has 4 fully saturated rings. The molecular weight excluding hydrogens is 464 g/mol. The number of carbonyl (C=O) groups is 1. The molecule has 0 aliphatic heterocycles. The van der Waals surface area contributed by atoms with Gasteiger partial charge in [0.15, 0.2) is 6.10 Å². The van der Waals surface area contributed by atoms with Crippen molar-refractivity contribution in [2.75, 3.05) is 13.7 Å². The van der Waals surface area contributed by atoms with E-state index in [-0.39, 0.29) is 10.8 Å². The van der Waals surface area contributed by atoms with Crippen LogP contribution in [-0.4, -0.2) is 64.7 Å². The summed E-state index contributed by atoms with van der Waals surface area (Å²) < 4.78 is 17.0. The highest BCUT2D eigenvalue weighted by molar-refractivity contribution is 6.32. The number of hydrogen-bond acceptors (Lipinski definition) is 7. The van der Waals surface area contributed by atoms with Gasteiger partial charge in [0.25, 0.3) is 0 Å². The van der Waals surface area contributed by atoms with Crippen LogP contribution in [0.2, 0.25) is 5.02 Å². The average Bonchev–Trinajstić information content (AvgIpc) is 2.79. The van der Waals surface area contributed by atoms with Gasteiger partial charge in [0.05, 0.1) is 18.7 Å². The smallest absolute Gasteiger partial charge is 0.335 e. The molecule has 1 aromatic carbocycles. The van der Waals surface area contributed by atoms with E-state index in [0.717, 1.165) is 23.2 Å². The highest BCUT2D eigenvalue weighted by Gasteiger charge is 2.46. The van der Waals surface area contributed by atoms with E-state index in [2.05, 4.69) is 0 Å². The normalized spacial score (nSPS) is 28.8. The molecule has 0 spiro atoms. The summed E-state index contributed by atoms with van der Waals surface area (Å²) in [6, 6.07) is 5.23. The molecule has 0 saturated heterocycles. The number of aliphatic hydroxyl groups excluding tert-OH is 3. The van der Waals surface area contributed by atoms with E-state index in [1.807, 2.05) is 6.07 Å². The number of methoxy groups -OCH3 is 1. The van der Waals surface area contributed by atoms with E-state index >= 15 is 0 Å². The van der Waals surface area contributed by atoms with Gasteiger partial charge in [-0.3, -0.25) is 0 Å². The number of rotatable bonds is 10. The summed E-state index contributed by atoms with van der Waals surface area (Å²) in [7, 11) is 1.66. The first-order chi connectivity index (χ1) is 16.2. The summed E-state index contributed by atoms with van der Waals surface area (Å²) in [4.78, 5) is 11.5. The van der Waals surface area contributed by atoms with Crippen LogP contribution in [0.5, 0.6) is 5.75 Å². The Hall–Kier alpha value is -1.84. The topological polar surface area (TPSA) is 126 Å². The number of carboxylic acid groups (broad SMARTS) is 1. The van der Waals surface area contributed by atoms with E-state index in [0.29, 0.717) is 11.8 Å². The van der Waals surface area contributed by atoms with Crippen LogP contribution in [0, 0.1) is 23.7 Å². The summed E-state index contributed by atoms with van der Waals surface area (Å²) in [5, 5.41) is 38.7. The number of halogens is 1. The number of benzene rings is 1. The van der Waals surface area contributed by atoms with Crippen molar-refractivity contribution in [3.8, 4) is 5.75 Å². The third-order valence-electron chi connectivity index (χ3n) is 7.38. The lowest BCUT2D eigenvalue weighted by Gasteiger charge is -2.51. The van der Waals surface area contributed by atoms with Crippen LogP contribution in [0.1, 0.15) is 44.6 Å². The van der Waals surface area contributed by atoms with Crippen LogP contribution < -0.4 is 4.74 Å². The third-order valence-corrected chi connectivity index (χ3v) is 7.69. The molecular formula is C25H33ClO8. The first kappa shape index (κ1) is 25.3. The third kappa shape index (κ3) is 5.06. The Morgan fingerprint density at radius 1 is 1.12 bits per heavy atom. The molecule has 188 valence electrons. The summed E-state index contributed by atoms with van der Waals surface area (Å²) in [5.41, 5.74) is 2.15. The molecule has 1 aromatic rings. The lowest BCUT2D eigenvalue weighted by atomic mass is 9.54. The minimum atomic E-state index is -1.80. The van der Waals surface area contributed by atoms with Crippen molar-refractivity contribution in [3.05, 3.63) is 34.4 Å². The fourth-order valence-corrected chi connectivity index (χ4v) is 6.28. The molecule has 0 heterocycles. The molecule has 4 bridgehead atoms. The van der Waals surface area contributed by atoms with E-state index in [9.17, 15) is 20.1 Å². The second-order valence-corrected chi connectivity index (χ2v) is 10.2.